The molecule has 0 amide bonds. The minimum absolute atomic E-state index is 0.353. The molecule has 21 heavy (non-hydrogen) atoms. The third kappa shape index (κ3) is 3.07. The first-order chi connectivity index (χ1) is 10.2. The van der Waals surface area contributed by atoms with Gasteiger partial charge in [0.15, 0.2) is 0 Å². The van der Waals surface area contributed by atoms with Gasteiger partial charge in [0.1, 0.15) is 5.82 Å². The normalized spacial score (nSPS) is 17.8. The molecule has 0 unspecified atom stereocenters. The van der Waals surface area contributed by atoms with Crippen molar-refractivity contribution in [2.45, 2.75) is 43.4 Å². The number of nitrogen functional groups attached to an aromatic ring is 1. The van der Waals surface area contributed by atoms with Crippen molar-refractivity contribution in [3.63, 3.8) is 0 Å². The first kappa shape index (κ1) is 14.4. The van der Waals surface area contributed by atoms with E-state index in [-0.39, 0.29) is 0 Å². The van der Waals surface area contributed by atoms with Crippen LogP contribution in [0.15, 0.2) is 30.9 Å². The molecule has 1 aliphatic rings. The van der Waals surface area contributed by atoms with Crippen LogP contribution in [0.1, 0.15) is 32.1 Å². The van der Waals surface area contributed by atoms with Crippen LogP contribution in [0.5, 0.6) is 0 Å². The molecule has 0 saturated heterocycles. The predicted octanol–water partition coefficient (Wildman–Crippen LogP) is 3.59. The van der Waals surface area contributed by atoms with Gasteiger partial charge in [0, 0.05) is 23.1 Å². The monoisotopic (exact) mass is 302 g/mol. The second kappa shape index (κ2) is 6.10. The second-order valence-electron chi connectivity index (χ2n) is 5.82. The van der Waals surface area contributed by atoms with E-state index in [1.165, 1.54) is 32.1 Å². The zero-order valence-corrected chi connectivity index (χ0v) is 13.3. The maximum atomic E-state index is 5.81. The Labute approximate surface area is 130 Å². The number of thioether (sulfide) groups is 1. The molecule has 0 aromatic carbocycles. The summed E-state index contributed by atoms with van der Waals surface area (Å²) >= 11 is 2.01. The molecule has 1 aliphatic carbocycles. The Hall–Kier alpha value is -1.49. The lowest BCUT2D eigenvalue weighted by Gasteiger charge is -2.36. The van der Waals surface area contributed by atoms with Crippen LogP contribution < -0.4 is 5.73 Å². The van der Waals surface area contributed by atoms with Crippen LogP contribution in [0.4, 0.5) is 5.82 Å². The summed E-state index contributed by atoms with van der Waals surface area (Å²) < 4.78 is 2.63. The molecule has 2 N–H and O–H groups in total. The molecule has 2 heterocycles. The van der Waals surface area contributed by atoms with Crippen LogP contribution in [-0.2, 0) is 6.54 Å². The van der Waals surface area contributed by atoms with Crippen LogP contribution in [0.25, 0.3) is 11.3 Å². The van der Waals surface area contributed by atoms with E-state index < -0.39 is 0 Å². The van der Waals surface area contributed by atoms with Crippen LogP contribution in [-0.4, -0.2) is 25.5 Å². The largest absolute Gasteiger partial charge is 0.384 e. The van der Waals surface area contributed by atoms with E-state index in [0.29, 0.717) is 10.6 Å². The third-order valence-corrected chi connectivity index (χ3v) is 5.85. The van der Waals surface area contributed by atoms with Gasteiger partial charge in [-0.25, -0.2) is 9.97 Å². The number of imidazole rings is 1. The van der Waals surface area contributed by atoms with Gasteiger partial charge in [0.2, 0.25) is 0 Å². The zero-order chi connectivity index (χ0) is 14.7. The van der Waals surface area contributed by atoms with E-state index in [2.05, 4.69) is 20.8 Å². The van der Waals surface area contributed by atoms with Crippen molar-refractivity contribution in [1.29, 1.82) is 0 Å². The number of nitrogens with two attached hydrogens (primary N) is 1. The molecule has 1 saturated carbocycles. The molecule has 0 bridgehead atoms. The van der Waals surface area contributed by atoms with Crippen LogP contribution in [0.2, 0.25) is 0 Å². The van der Waals surface area contributed by atoms with E-state index in [9.17, 15) is 0 Å². The van der Waals surface area contributed by atoms with Crippen molar-refractivity contribution >= 4 is 17.6 Å². The first-order valence-electron chi connectivity index (χ1n) is 7.50. The van der Waals surface area contributed by atoms with Crippen LogP contribution >= 0.6 is 11.8 Å². The lowest BCUT2D eigenvalue weighted by Crippen LogP contribution is -2.33. The van der Waals surface area contributed by atoms with Crippen LogP contribution in [0, 0.1) is 0 Å². The highest BCUT2D eigenvalue weighted by atomic mass is 32.2. The van der Waals surface area contributed by atoms with Gasteiger partial charge >= 0.3 is 0 Å². The second-order valence-corrected chi connectivity index (χ2v) is 7.10. The molecular formula is C16H22N4S. The number of pyridine rings is 1. The summed E-state index contributed by atoms with van der Waals surface area (Å²) in [6.45, 7) is 1.02. The topological polar surface area (TPSA) is 56.7 Å². The summed E-state index contributed by atoms with van der Waals surface area (Å²) in [5.74, 6) is 0.553. The van der Waals surface area contributed by atoms with Crippen molar-refractivity contribution in [2.24, 2.45) is 0 Å². The van der Waals surface area contributed by atoms with Crippen LogP contribution in [0.3, 0.4) is 0 Å². The summed E-state index contributed by atoms with van der Waals surface area (Å²) in [7, 11) is 0. The summed E-state index contributed by atoms with van der Waals surface area (Å²) in [4.78, 5) is 8.42. The maximum absolute atomic E-state index is 5.81. The number of rotatable bonds is 4. The van der Waals surface area contributed by atoms with Crippen molar-refractivity contribution in [2.75, 3.05) is 12.0 Å². The van der Waals surface area contributed by atoms with Crippen molar-refractivity contribution in [1.82, 2.24) is 14.5 Å². The fourth-order valence-electron chi connectivity index (χ4n) is 3.23. The molecule has 0 aliphatic heterocycles. The number of anilines is 1. The van der Waals surface area contributed by atoms with Crippen molar-refractivity contribution in [3.8, 4) is 11.3 Å². The molecule has 0 spiro atoms. The number of nitrogens with zero attached hydrogens (tertiary/aromatic N) is 3. The molecule has 3 rings (SSSR count). The van der Waals surface area contributed by atoms with Crippen molar-refractivity contribution < 1.29 is 0 Å². The van der Waals surface area contributed by atoms with Crippen molar-refractivity contribution in [3.05, 3.63) is 30.9 Å². The maximum Gasteiger partial charge on any atom is 0.123 e. The van der Waals surface area contributed by atoms with Gasteiger partial charge in [-0.2, -0.15) is 11.8 Å². The van der Waals surface area contributed by atoms with Gasteiger partial charge in [0.25, 0.3) is 0 Å². The summed E-state index contributed by atoms with van der Waals surface area (Å²) in [6, 6.07) is 3.91. The van der Waals surface area contributed by atoms with E-state index in [4.69, 9.17) is 5.73 Å². The van der Waals surface area contributed by atoms with Gasteiger partial charge in [-0.3, -0.25) is 0 Å². The zero-order valence-electron chi connectivity index (χ0n) is 12.5. The van der Waals surface area contributed by atoms with E-state index in [0.717, 1.165) is 17.8 Å². The Balaban J connectivity index is 1.88. The lowest BCUT2D eigenvalue weighted by molar-refractivity contribution is 0.359. The number of hydrogen-bond acceptors (Lipinski definition) is 4. The van der Waals surface area contributed by atoms with Gasteiger partial charge in [0.05, 0.1) is 18.2 Å². The Bertz CT molecular complexity index is 602. The van der Waals surface area contributed by atoms with Gasteiger partial charge in [-0.15, -0.1) is 0 Å². The summed E-state index contributed by atoms with van der Waals surface area (Å²) in [5, 5.41) is 0. The predicted molar refractivity (Wildman–Crippen MR) is 89.2 cm³/mol. The average Bonchev–Trinajstić information content (AvgIpc) is 2.96. The van der Waals surface area contributed by atoms with E-state index >= 15 is 0 Å². The van der Waals surface area contributed by atoms with E-state index in [1.807, 2.05) is 36.4 Å². The Morgan fingerprint density at radius 2 is 2.14 bits per heavy atom. The minimum Gasteiger partial charge on any atom is -0.384 e. The fourth-order valence-corrected chi connectivity index (χ4v) is 4.19. The highest BCUT2D eigenvalue weighted by molar-refractivity contribution is 8.00. The quantitative estimate of drug-likeness (QED) is 0.937. The minimum atomic E-state index is 0.353. The van der Waals surface area contributed by atoms with Gasteiger partial charge < -0.3 is 10.3 Å². The molecule has 0 atom stereocenters. The Morgan fingerprint density at radius 3 is 2.86 bits per heavy atom. The smallest absolute Gasteiger partial charge is 0.123 e. The summed E-state index contributed by atoms with van der Waals surface area (Å²) in [6.07, 6.45) is 14.5. The summed E-state index contributed by atoms with van der Waals surface area (Å²) in [5.41, 5.74) is 8.02. The molecule has 2 aromatic rings. The lowest BCUT2D eigenvalue weighted by atomic mass is 9.88. The van der Waals surface area contributed by atoms with E-state index in [1.54, 1.807) is 6.20 Å². The Kier molecular flexibility index (Phi) is 4.19. The molecule has 0 radical (unpaired) electrons. The molecule has 5 heteroatoms. The first-order valence-corrected chi connectivity index (χ1v) is 8.72. The number of aromatic nitrogens is 3. The molecule has 4 nitrogen and oxygen atoms in total. The highest BCUT2D eigenvalue weighted by Crippen LogP contribution is 2.40. The highest BCUT2D eigenvalue weighted by Gasteiger charge is 2.32. The van der Waals surface area contributed by atoms with Gasteiger partial charge in [-0.05, 0) is 31.2 Å². The molecular weight excluding hydrogens is 280 g/mol. The standard InChI is InChI=1S/C16H22N4S/c1-21-16(6-3-2-4-7-16)11-20-12-18-10-14(20)13-5-8-19-15(17)9-13/h5,8-10,12H,2-4,6-7,11H2,1H3,(H2,17,19). The van der Waals surface area contributed by atoms with Gasteiger partial charge in [-0.1, -0.05) is 19.3 Å². The Morgan fingerprint density at radius 1 is 1.33 bits per heavy atom. The molecule has 112 valence electrons. The fraction of sp³-hybridized carbons (Fsp3) is 0.500. The average molecular weight is 302 g/mol. The molecule has 1 fully saturated rings. The SMILES string of the molecule is CSC1(Cn2cncc2-c2ccnc(N)c2)CCCCC1. The molecule has 2 aromatic heterocycles. The number of hydrogen-bond donors (Lipinski definition) is 1. The third-order valence-electron chi connectivity index (χ3n) is 4.45.